The number of carbonyl (C=O) groups is 3. The summed E-state index contributed by atoms with van der Waals surface area (Å²) >= 11 is 0. The number of hydrogen-bond acceptors (Lipinski definition) is 6. The Hall–Kier alpha value is -2.63. The van der Waals surface area contributed by atoms with E-state index in [9.17, 15) is 14.4 Å². The van der Waals surface area contributed by atoms with E-state index < -0.39 is 6.10 Å². The molecule has 0 spiro atoms. The van der Waals surface area contributed by atoms with Crippen molar-refractivity contribution in [1.82, 2.24) is 0 Å². The molecular formula is C62H112O6. The quantitative estimate of drug-likeness (QED) is 0.0262. The molecule has 1 unspecified atom stereocenters. The normalized spacial score (nSPS) is 12.3. The van der Waals surface area contributed by atoms with E-state index in [4.69, 9.17) is 14.2 Å². The topological polar surface area (TPSA) is 78.9 Å². The van der Waals surface area contributed by atoms with Crippen LogP contribution in [0.4, 0.5) is 0 Å². The average molecular weight is 954 g/mol. The maximum Gasteiger partial charge on any atom is 0.306 e. The van der Waals surface area contributed by atoms with Crippen LogP contribution < -0.4 is 0 Å². The van der Waals surface area contributed by atoms with Gasteiger partial charge in [-0.05, 0) is 96.3 Å². The van der Waals surface area contributed by atoms with Crippen molar-refractivity contribution in [1.29, 1.82) is 0 Å². The van der Waals surface area contributed by atoms with Gasteiger partial charge in [0.1, 0.15) is 13.2 Å². The van der Waals surface area contributed by atoms with Crippen LogP contribution in [0.25, 0.3) is 0 Å². The molecule has 0 aliphatic carbocycles. The Labute approximate surface area is 422 Å². The molecule has 6 heteroatoms. The van der Waals surface area contributed by atoms with Crippen molar-refractivity contribution < 1.29 is 28.6 Å². The van der Waals surface area contributed by atoms with E-state index in [0.717, 1.165) is 77.0 Å². The lowest BCUT2D eigenvalue weighted by Gasteiger charge is -2.18. The first-order chi connectivity index (χ1) is 33.5. The molecule has 0 heterocycles. The van der Waals surface area contributed by atoms with E-state index >= 15 is 0 Å². The standard InChI is InChI=1S/C62H112O6/c1-4-7-10-13-16-19-22-25-28-30-31-33-34-37-40-43-46-49-52-55-61(64)67-58-59(57-66-60(63)54-51-48-45-42-39-36-27-24-21-18-15-12-9-6-3)68-62(65)56-53-50-47-44-41-38-35-32-29-26-23-20-17-14-11-8-5-2/h9,12,18,21,26,29-31,59H,4-8,10-11,13-17,19-20,22-25,27-28,32-58H2,1-3H3/b12-9-,21-18-,29-26-,31-30-. The smallest absolute Gasteiger partial charge is 0.306 e. The molecule has 0 fully saturated rings. The predicted molar refractivity (Wildman–Crippen MR) is 293 cm³/mol. The molecule has 68 heavy (non-hydrogen) atoms. The van der Waals surface area contributed by atoms with E-state index in [2.05, 4.69) is 69.4 Å². The summed E-state index contributed by atoms with van der Waals surface area (Å²) in [4.78, 5) is 38.2. The molecular weight excluding hydrogens is 841 g/mol. The maximum atomic E-state index is 12.9. The Morgan fingerprint density at radius 1 is 0.309 bits per heavy atom. The summed E-state index contributed by atoms with van der Waals surface area (Å²) in [6, 6.07) is 0. The Kier molecular flexibility index (Phi) is 54.8. The number of hydrogen-bond donors (Lipinski definition) is 0. The Morgan fingerprint density at radius 3 is 0.897 bits per heavy atom. The van der Waals surface area contributed by atoms with Gasteiger partial charge in [0.05, 0.1) is 0 Å². The van der Waals surface area contributed by atoms with Crippen LogP contribution in [0.15, 0.2) is 48.6 Å². The highest BCUT2D eigenvalue weighted by Crippen LogP contribution is 2.16. The Balaban J connectivity index is 4.35. The van der Waals surface area contributed by atoms with Gasteiger partial charge in [0.2, 0.25) is 0 Å². The monoisotopic (exact) mass is 953 g/mol. The molecule has 0 aromatic rings. The van der Waals surface area contributed by atoms with Gasteiger partial charge < -0.3 is 14.2 Å². The maximum absolute atomic E-state index is 12.9. The molecule has 0 aliphatic rings. The summed E-state index contributed by atoms with van der Waals surface area (Å²) in [7, 11) is 0. The summed E-state index contributed by atoms with van der Waals surface area (Å²) in [5.41, 5.74) is 0. The van der Waals surface area contributed by atoms with Crippen LogP contribution in [0, 0.1) is 0 Å². The summed E-state index contributed by atoms with van der Waals surface area (Å²) in [6.45, 7) is 6.55. The molecule has 0 N–H and O–H groups in total. The lowest BCUT2D eigenvalue weighted by Crippen LogP contribution is -2.30. The van der Waals surface area contributed by atoms with E-state index in [0.29, 0.717) is 19.3 Å². The van der Waals surface area contributed by atoms with E-state index in [1.54, 1.807) is 0 Å². The Morgan fingerprint density at radius 2 is 0.574 bits per heavy atom. The van der Waals surface area contributed by atoms with E-state index in [1.165, 1.54) is 193 Å². The molecule has 0 radical (unpaired) electrons. The molecule has 1 atom stereocenters. The summed E-state index contributed by atoms with van der Waals surface area (Å²) in [5, 5.41) is 0. The second-order valence-corrected chi connectivity index (χ2v) is 19.9. The third-order valence-corrected chi connectivity index (χ3v) is 13.0. The fourth-order valence-corrected chi connectivity index (χ4v) is 8.59. The minimum Gasteiger partial charge on any atom is -0.462 e. The van der Waals surface area contributed by atoms with Gasteiger partial charge in [0.15, 0.2) is 6.10 Å². The van der Waals surface area contributed by atoms with Gasteiger partial charge in [-0.2, -0.15) is 0 Å². The highest BCUT2D eigenvalue weighted by Gasteiger charge is 2.19. The number of ether oxygens (including phenoxy) is 3. The summed E-state index contributed by atoms with van der Waals surface area (Å²) in [5.74, 6) is -0.880. The minimum absolute atomic E-state index is 0.0780. The summed E-state index contributed by atoms with van der Waals surface area (Å²) in [6.07, 6.45) is 69.6. The van der Waals surface area contributed by atoms with Crippen molar-refractivity contribution in [3.05, 3.63) is 48.6 Å². The van der Waals surface area contributed by atoms with Crippen LogP contribution in [0.2, 0.25) is 0 Å². The number of esters is 3. The summed E-state index contributed by atoms with van der Waals surface area (Å²) < 4.78 is 16.9. The molecule has 0 aliphatic heterocycles. The zero-order valence-corrected chi connectivity index (χ0v) is 45.4. The van der Waals surface area contributed by atoms with Gasteiger partial charge in [-0.15, -0.1) is 0 Å². The van der Waals surface area contributed by atoms with Crippen molar-refractivity contribution in [2.75, 3.05) is 13.2 Å². The first kappa shape index (κ1) is 65.4. The van der Waals surface area contributed by atoms with Gasteiger partial charge in [-0.1, -0.05) is 243 Å². The molecule has 396 valence electrons. The van der Waals surface area contributed by atoms with Crippen LogP contribution in [0.5, 0.6) is 0 Å². The zero-order chi connectivity index (χ0) is 49.3. The highest BCUT2D eigenvalue weighted by molar-refractivity contribution is 5.71. The predicted octanol–water partition coefficient (Wildman–Crippen LogP) is 19.8. The number of rotatable bonds is 54. The molecule has 0 amide bonds. The van der Waals surface area contributed by atoms with Crippen molar-refractivity contribution >= 4 is 17.9 Å². The van der Waals surface area contributed by atoms with Crippen LogP contribution >= 0.6 is 0 Å². The van der Waals surface area contributed by atoms with Gasteiger partial charge in [-0.3, -0.25) is 14.4 Å². The van der Waals surface area contributed by atoms with Gasteiger partial charge >= 0.3 is 17.9 Å². The molecule has 0 aromatic carbocycles. The lowest BCUT2D eigenvalue weighted by molar-refractivity contribution is -0.167. The first-order valence-electron chi connectivity index (χ1n) is 29.6. The number of carbonyl (C=O) groups excluding carboxylic acids is 3. The minimum atomic E-state index is -0.780. The van der Waals surface area contributed by atoms with Gasteiger partial charge in [0.25, 0.3) is 0 Å². The molecule has 0 saturated carbocycles. The lowest BCUT2D eigenvalue weighted by atomic mass is 10.1. The molecule has 0 rings (SSSR count). The van der Waals surface area contributed by atoms with Crippen LogP contribution in [-0.4, -0.2) is 37.2 Å². The van der Waals surface area contributed by atoms with Crippen molar-refractivity contribution in [3.63, 3.8) is 0 Å². The molecule has 0 bridgehead atoms. The van der Waals surface area contributed by atoms with E-state index in [1.807, 2.05) is 0 Å². The second kappa shape index (κ2) is 57.0. The van der Waals surface area contributed by atoms with Crippen molar-refractivity contribution in [2.45, 2.75) is 316 Å². The molecule has 0 saturated heterocycles. The van der Waals surface area contributed by atoms with Crippen LogP contribution in [-0.2, 0) is 28.6 Å². The molecule has 6 nitrogen and oxygen atoms in total. The zero-order valence-electron chi connectivity index (χ0n) is 45.4. The third-order valence-electron chi connectivity index (χ3n) is 13.0. The van der Waals surface area contributed by atoms with Gasteiger partial charge in [0, 0.05) is 19.3 Å². The third kappa shape index (κ3) is 54.3. The fourth-order valence-electron chi connectivity index (χ4n) is 8.59. The number of allylic oxidation sites excluding steroid dienone is 8. The van der Waals surface area contributed by atoms with Crippen LogP contribution in [0.3, 0.4) is 0 Å². The fraction of sp³-hybridized carbons (Fsp3) is 0.823. The molecule has 0 aromatic heterocycles. The van der Waals surface area contributed by atoms with Crippen LogP contribution in [0.1, 0.15) is 310 Å². The van der Waals surface area contributed by atoms with Crippen molar-refractivity contribution in [3.8, 4) is 0 Å². The largest absolute Gasteiger partial charge is 0.462 e. The SMILES string of the molecule is CC/C=C\C/C=C\CCCCCCCCCC(=O)OCC(COC(=O)CCCCCCCCC/C=C\CCCCCCCCCC)OC(=O)CCCCCCCCC/C=C\CCCCCCCC. The van der Waals surface area contributed by atoms with Gasteiger partial charge in [-0.25, -0.2) is 0 Å². The first-order valence-corrected chi connectivity index (χ1v) is 29.6. The average Bonchev–Trinajstić information content (AvgIpc) is 3.34. The Bertz CT molecular complexity index is 1190. The van der Waals surface area contributed by atoms with E-state index in [-0.39, 0.29) is 31.1 Å². The van der Waals surface area contributed by atoms with Crippen molar-refractivity contribution in [2.24, 2.45) is 0 Å². The highest BCUT2D eigenvalue weighted by atomic mass is 16.6. The number of unbranched alkanes of at least 4 members (excludes halogenated alkanes) is 35. The second-order valence-electron chi connectivity index (χ2n) is 19.9.